The molecule has 0 aromatic heterocycles. The van der Waals surface area contributed by atoms with E-state index in [1.807, 2.05) is 26.0 Å². The molecule has 3 nitrogen and oxygen atoms in total. The van der Waals surface area contributed by atoms with E-state index in [9.17, 15) is 4.79 Å². The van der Waals surface area contributed by atoms with Gasteiger partial charge in [-0.1, -0.05) is 6.92 Å². The lowest BCUT2D eigenvalue weighted by atomic mass is 9.99. The maximum atomic E-state index is 10.8. The monoisotopic (exact) mass is 208 g/mol. The van der Waals surface area contributed by atoms with Gasteiger partial charge in [0.1, 0.15) is 17.8 Å². The molecule has 0 N–H and O–H groups in total. The largest absolute Gasteiger partial charge is 0.496 e. The summed E-state index contributed by atoms with van der Waals surface area (Å²) in [6.45, 7) is 3.77. The Morgan fingerprint density at radius 3 is 2.27 bits per heavy atom. The van der Waals surface area contributed by atoms with Gasteiger partial charge in [0.15, 0.2) is 0 Å². The molecule has 0 radical (unpaired) electrons. The SMILES string of the molecule is COc1cc([C@H](C)C=O)c(OC)cc1C. The maximum Gasteiger partial charge on any atom is 0.127 e. The normalized spacial score (nSPS) is 12.0. The Morgan fingerprint density at radius 1 is 1.20 bits per heavy atom. The van der Waals surface area contributed by atoms with Crippen LogP contribution in [-0.2, 0) is 4.79 Å². The zero-order valence-corrected chi connectivity index (χ0v) is 9.53. The molecule has 15 heavy (non-hydrogen) atoms. The molecule has 0 unspecified atom stereocenters. The number of rotatable bonds is 4. The summed E-state index contributed by atoms with van der Waals surface area (Å²) in [5.74, 6) is 1.32. The zero-order valence-electron chi connectivity index (χ0n) is 9.53. The molecule has 1 aromatic rings. The third-order valence-electron chi connectivity index (χ3n) is 2.44. The fourth-order valence-electron chi connectivity index (χ4n) is 1.50. The standard InChI is InChI=1S/C12H16O3/c1-8-5-12(15-4)10(9(2)7-13)6-11(8)14-3/h5-7,9H,1-4H3/t9-/m1/s1. The van der Waals surface area contributed by atoms with Gasteiger partial charge in [-0.3, -0.25) is 0 Å². The number of aldehydes is 1. The molecule has 1 rings (SSSR count). The fourth-order valence-corrected chi connectivity index (χ4v) is 1.50. The van der Waals surface area contributed by atoms with Crippen LogP contribution < -0.4 is 9.47 Å². The second-order valence-corrected chi connectivity index (χ2v) is 3.49. The number of hydrogen-bond acceptors (Lipinski definition) is 3. The van der Waals surface area contributed by atoms with Gasteiger partial charge >= 0.3 is 0 Å². The van der Waals surface area contributed by atoms with E-state index in [0.29, 0.717) is 0 Å². The average Bonchev–Trinajstić information content (AvgIpc) is 2.27. The minimum absolute atomic E-state index is 0.186. The molecule has 82 valence electrons. The number of benzene rings is 1. The molecule has 3 heteroatoms. The molecule has 0 aliphatic heterocycles. The number of ether oxygens (including phenoxy) is 2. The van der Waals surface area contributed by atoms with Crippen molar-refractivity contribution in [3.63, 3.8) is 0 Å². The molecule has 0 amide bonds. The smallest absolute Gasteiger partial charge is 0.127 e. The molecule has 0 bridgehead atoms. The van der Waals surface area contributed by atoms with Crippen molar-refractivity contribution in [2.45, 2.75) is 19.8 Å². The van der Waals surface area contributed by atoms with Crippen LogP contribution in [0.4, 0.5) is 0 Å². The summed E-state index contributed by atoms with van der Waals surface area (Å²) in [6.07, 6.45) is 0.895. The van der Waals surface area contributed by atoms with Crippen molar-refractivity contribution in [2.24, 2.45) is 0 Å². The topological polar surface area (TPSA) is 35.5 Å². The maximum absolute atomic E-state index is 10.8. The summed E-state index contributed by atoms with van der Waals surface area (Å²) in [5.41, 5.74) is 1.85. The van der Waals surface area contributed by atoms with Gasteiger partial charge < -0.3 is 14.3 Å². The molecular weight excluding hydrogens is 192 g/mol. The highest BCUT2D eigenvalue weighted by atomic mass is 16.5. The predicted octanol–water partition coefficient (Wildman–Crippen LogP) is 2.31. The van der Waals surface area contributed by atoms with Crippen LogP contribution in [-0.4, -0.2) is 20.5 Å². The number of hydrogen-bond donors (Lipinski definition) is 0. The summed E-state index contributed by atoms with van der Waals surface area (Å²) in [4.78, 5) is 10.8. The number of methoxy groups -OCH3 is 2. The first-order valence-electron chi connectivity index (χ1n) is 4.81. The summed E-state index contributed by atoms with van der Waals surface area (Å²) < 4.78 is 10.4. The van der Waals surface area contributed by atoms with E-state index < -0.39 is 0 Å². The quantitative estimate of drug-likeness (QED) is 0.712. The minimum atomic E-state index is -0.186. The van der Waals surface area contributed by atoms with Crippen molar-refractivity contribution >= 4 is 6.29 Å². The zero-order chi connectivity index (χ0) is 11.4. The third-order valence-corrected chi connectivity index (χ3v) is 2.44. The molecule has 1 atom stereocenters. The highest BCUT2D eigenvalue weighted by molar-refractivity contribution is 5.65. The van der Waals surface area contributed by atoms with Gasteiger partial charge in [-0.25, -0.2) is 0 Å². The molecule has 0 saturated carbocycles. The van der Waals surface area contributed by atoms with Crippen molar-refractivity contribution in [1.29, 1.82) is 0 Å². The van der Waals surface area contributed by atoms with Gasteiger partial charge in [-0.2, -0.15) is 0 Å². The summed E-state index contributed by atoms with van der Waals surface area (Å²) in [5, 5.41) is 0. The Labute approximate surface area is 90.0 Å². The minimum Gasteiger partial charge on any atom is -0.496 e. The number of carbonyl (C=O) groups excluding carboxylic acids is 1. The van der Waals surface area contributed by atoms with Crippen molar-refractivity contribution in [1.82, 2.24) is 0 Å². The first kappa shape index (κ1) is 11.6. The van der Waals surface area contributed by atoms with Gasteiger partial charge in [0.05, 0.1) is 14.2 Å². The van der Waals surface area contributed by atoms with Crippen LogP contribution in [0.25, 0.3) is 0 Å². The van der Waals surface area contributed by atoms with E-state index in [-0.39, 0.29) is 5.92 Å². The van der Waals surface area contributed by atoms with E-state index in [1.54, 1.807) is 14.2 Å². The first-order chi connectivity index (χ1) is 7.13. The van der Waals surface area contributed by atoms with Crippen LogP contribution in [0.15, 0.2) is 12.1 Å². The molecular formula is C12H16O3. The Kier molecular flexibility index (Phi) is 3.72. The highest BCUT2D eigenvalue weighted by Crippen LogP contribution is 2.32. The number of aryl methyl sites for hydroxylation is 1. The Hall–Kier alpha value is -1.51. The predicted molar refractivity (Wildman–Crippen MR) is 58.8 cm³/mol. The van der Waals surface area contributed by atoms with E-state index in [1.165, 1.54) is 0 Å². The molecule has 0 fully saturated rings. The number of carbonyl (C=O) groups is 1. The lowest BCUT2D eigenvalue weighted by molar-refractivity contribution is -0.108. The van der Waals surface area contributed by atoms with E-state index in [0.717, 1.165) is 28.9 Å². The molecule has 0 aliphatic rings. The Bertz CT molecular complexity index is 358. The molecule has 1 aromatic carbocycles. The van der Waals surface area contributed by atoms with Gasteiger partial charge in [-0.05, 0) is 24.6 Å². The van der Waals surface area contributed by atoms with Crippen molar-refractivity contribution in [3.05, 3.63) is 23.3 Å². The van der Waals surface area contributed by atoms with Gasteiger partial charge in [0.25, 0.3) is 0 Å². The average molecular weight is 208 g/mol. The molecule has 0 saturated heterocycles. The lowest BCUT2D eigenvalue weighted by Gasteiger charge is -2.14. The molecule has 0 spiro atoms. The highest BCUT2D eigenvalue weighted by Gasteiger charge is 2.13. The van der Waals surface area contributed by atoms with Crippen molar-refractivity contribution in [2.75, 3.05) is 14.2 Å². The van der Waals surface area contributed by atoms with Crippen LogP contribution in [0, 0.1) is 6.92 Å². The molecule has 0 aliphatic carbocycles. The van der Waals surface area contributed by atoms with Crippen molar-refractivity contribution in [3.8, 4) is 11.5 Å². The second-order valence-electron chi connectivity index (χ2n) is 3.49. The first-order valence-corrected chi connectivity index (χ1v) is 4.81. The van der Waals surface area contributed by atoms with Gasteiger partial charge in [-0.15, -0.1) is 0 Å². The Balaban J connectivity index is 3.28. The van der Waals surface area contributed by atoms with Crippen LogP contribution >= 0.6 is 0 Å². The van der Waals surface area contributed by atoms with Crippen LogP contribution in [0.2, 0.25) is 0 Å². The van der Waals surface area contributed by atoms with E-state index >= 15 is 0 Å². The lowest BCUT2D eigenvalue weighted by Crippen LogP contribution is -2.00. The van der Waals surface area contributed by atoms with E-state index in [2.05, 4.69) is 0 Å². The summed E-state index contributed by atoms with van der Waals surface area (Å²) in [7, 11) is 3.21. The Morgan fingerprint density at radius 2 is 1.80 bits per heavy atom. The van der Waals surface area contributed by atoms with Crippen LogP contribution in [0.5, 0.6) is 11.5 Å². The second kappa shape index (κ2) is 4.82. The fraction of sp³-hybridized carbons (Fsp3) is 0.417. The van der Waals surface area contributed by atoms with Gasteiger partial charge in [0.2, 0.25) is 0 Å². The third kappa shape index (κ3) is 2.29. The summed E-state index contributed by atoms with van der Waals surface area (Å²) >= 11 is 0. The van der Waals surface area contributed by atoms with Crippen molar-refractivity contribution < 1.29 is 14.3 Å². The molecule has 0 heterocycles. The van der Waals surface area contributed by atoms with E-state index in [4.69, 9.17) is 9.47 Å². The van der Waals surface area contributed by atoms with Gasteiger partial charge in [0, 0.05) is 11.5 Å². The summed E-state index contributed by atoms with van der Waals surface area (Å²) in [6, 6.07) is 3.74. The van der Waals surface area contributed by atoms with Crippen LogP contribution in [0.1, 0.15) is 24.0 Å². The van der Waals surface area contributed by atoms with Crippen LogP contribution in [0.3, 0.4) is 0 Å².